The van der Waals surface area contributed by atoms with Gasteiger partial charge >= 0.3 is 5.97 Å². The van der Waals surface area contributed by atoms with Crippen molar-refractivity contribution >= 4 is 22.6 Å². The Morgan fingerprint density at radius 3 is 2.76 bits per heavy atom. The summed E-state index contributed by atoms with van der Waals surface area (Å²) in [5.41, 5.74) is -1.69. The SMILES string of the molecule is O=C(O)c1cn(C2CC2)c2c3c(c(F)cc2c1=O)N1CCC(O)(CO)C[C@@H]1CO3. The molecule has 5 rings (SSSR count). The molecule has 8 nitrogen and oxygen atoms in total. The number of anilines is 1. The Morgan fingerprint density at radius 2 is 2.10 bits per heavy atom. The van der Waals surface area contributed by atoms with Crippen LogP contribution in [0.3, 0.4) is 0 Å². The molecule has 0 spiro atoms. The Kier molecular flexibility index (Phi) is 3.91. The number of carbonyl (C=O) groups is 1. The van der Waals surface area contributed by atoms with Gasteiger partial charge in [0.1, 0.15) is 17.9 Å². The maximum Gasteiger partial charge on any atom is 0.341 e. The van der Waals surface area contributed by atoms with Gasteiger partial charge in [-0.05, 0) is 25.3 Å². The third-order valence-electron chi connectivity index (χ3n) is 6.24. The molecular weight excluding hydrogens is 383 g/mol. The van der Waals surface area contributed by atoms with Gasteiger partial charge in [0.2, 0.25) is 5.43 Å². The normalized spacial score (nSPS) is 26.0. The van der Waals surface area contributed by atoms with Crippen LogP contribution < -0.4 is 15.1 Å². The van der Waals surface area contributed by atoms with Gasteiger partial charge in [-0.25, -0.2) is 9.18 Å². The van der Waals surface area contributed by atoms with Crippen LogP contribution in [0.5, 0.6) is 5.75 Å². The van der Waals surface area contributed by atoms with Crippen LogP contribution >= 0.6 is 0 Å². The van der Waals surface area contributed by atoms with Crippen molar-refractivity contribution in [3.63, 3.8) is 0 Å². The van der Waals surface area contributed by atoms with Crippen molar-refractivity contribution < 1.29 is 29.2 Å². The monoisotopic (exact) mass is 404 g/mol. The zero-order chi connectivity index (χ0) is 20.5. The average molecular weight is 404 g/mol. The highest BCUT2D eigenvalue weighted by atomic mass is 19.1. The number of rotatable bonds is 3. The zero-order valence-electron chi connectivity index (χ0n) is 15.6. The van der Waals surface area contributed by atoms with Crippen molar-refractivity contribution in [2.75, 3.05) is 24.7 Å². The number of aliphatic hydroxyl groups excluding tert-OH is 1. The number of nitrogens with zero attached hydrogens (tertiary/aromatic N) is 2. The summed E-state index contributed by atoms with van der Waals surface area (Å²) in [6, 6.07) is 0.841. The van der Waals surface area contributed by atoms with Gasteiger partial charge < -0.3 is 29.5 Å². The molecule has 9 heteroatoms. The molecule has 1 saturated carbocycles. The summed E-state index contributed by atoms with van der Waals surface area (Å²) in [6.45, 7) is 0.137. The fourth-order valence-corrected chi connectivity index (χ4v) is 4.57. The molecule has 3 heterocycles. The number of aliphatic hydroxyl groups is 2. The molecule has 2 atom stereocenters. The number of carboxylic acids is 1. The van der Waals surface area contributed by atoms with Gasteiger partial charge in [0.05, 0.1) is 29.2 Å². The maximum absolute atomic E-state index is 15.2. The number of hydrogen-bond acceptors (Lipinski definition) is 6. The van der Waals surface area contributed by atoms with Crippen molar-refractivity contribution in [2.24, 2.45) is 0 Å². The van der Waals surface area contributed by atoms with E-state index in [1.807, 2.05) is 4.90 Å². The fraction of sp³-hybridized carbons (Fsp3) is 0.500. The van der Waals surface area contributed by atoms with Gasteiger partial charge in [0.15, 0.2) is 11.6 Å². The summed E-state index contributed by atoms with van der Waals surface area (Å²) in [5.74, 6) is -1.76. The molecule has 3 N–H and O–H groups in total. The van der Waals surface area contributed by atoms with Crippen molar-refractivity contribution in [1.82, 2.24) is 4.57 Å². The minimum absolute atomic E-state index is 0.00428. The Balaban J connectivity index is 1.73. The van der Waals surface area contributed by atoms with Crippen molar-refractivity contribution in [3.8, 4) is 5.75 Å². The number of aromatic nitrogens is 1. The first-order valence-corrected chi connectivity index (χ1v) is 9.70. The zero-order valence-corrected chi connectivity index (χ0v) is 15.6. The lowest BCUT2D eigenvalue weighted by atomic mass is 9.86. The molecule has 0 radical (unpaired) electrons. The summed E-state index contributed by atoms with van der Waals surface area (Å²) in [4.78, 5) is 26.1. The lowest BCUT2D eigenvalue weighted by Crippen LogP contribution is -2.56. The third-order valence-corrected chi connectivity index (χ3v) is 6.24. The van der Waals surface area contributed by atoms with Crippen LogP contribution in [0.2, 0.25) is 0 Å². The topological polar surface area (TPSA) is 112 Å². The van der Waals surface area contributed by atoms with Crippen molar-refractivity contribution in [2.45, 2.75) is 43.4 Å². The second-order valence-corrected chi connectivity index (χ2v) is 8.24. The molecule has 0 bridgehead atoms. The number of hydrogen-bond donors (Lipinski definition) is 3. The van der Waals surface area contributed by atoms with Crippen LogP contribution in [-0.2, 0) is 0 Å². The Hall–Kier alpha value is -2.65. The first-order chi connectivity index (χ1) is 13.8. The lowest BCUT2D eigenvalue weighted by molar-refractivity contribution is -0.0470. The molecule has 2 aliphatic heterocycles. The summed E-state index contributed by atoms with van der Waals surface area (Å²) in [6.07, 6.45) is 3.55. The van der Waals surface area contributed by atoms with E-state index in [0.717, 1.165) is 18.9 Å². The Bertz CT molecular complexity index is 1090. The van der Waals surface area contributed by atoms with Crippen LogP contribution in [0.25, 0.3) is 10.9 Å². The van der Waals surface area contributed by atoms with Crippen LogP contribution in [-0.4, -0.2) is 57.3 Å². The smallest absolute Gasteiger partial charge is 0.341 e. The van der Waals surface area contributed by atoms with Gasteiger partial charge in [-0.2, -0.15) is 0 Å². The van der Waals surface area contributed by atoms with Gasteiger partial charge in [-0.15, -0.1) is 0 Å². The molecule has 2 fully saturated rings. The second kappa shape index (κ2) is 6.17. The number of fused-ring (bicyclic) bond motifs is 5. The molecule has 2 aromatic rings. The molecule has 1 aromatic carbocycles. The molecule has 1 aliphatic carbocycles. The van der Waals surface area contributed by atoms with E-state index in [0.29, 0.717) is 12.1 Å². The number of piperidine rings is 1. The van der Waals surface area contributed by atoms with Crippen LogP contribution in [0.15, 0.2) is 17.1 Å². The van der Waals surface area contributed by atoms with Crippen LogP contribution in [0, 0.1) is 5.82 Å². The van der Waals surface area contributed by atoms with Crippen LogP contribution in [0.1, 0.15) is 42.1 Å². The van der Waals surface area contributed by atoms with Gasteiger partial charge in [-0.3, -0.25) is 4.79 Å². The van der Waals surface area contributed by atoms with Crippen LogP contribution in [0.4, 0.5) is 10.1 Å². The summed E-state index contributed by atoms with van der Waals surface area (Å²) in [7, 11) is 0. The van der Waals surface area contributed by atoms with E-state index in [1.54, 1.807) is 4.57 Å². The number of ether oxygens (including phenoxy) is 1. The minimum atomic E-state index is -1.34. The summed E-state index contributed by atoms with van der Waals surface area (Å²) in [5, 5.41) is 29.3. The number of carboxylic acid groups (broad SMARTS) is 1. The average Bonchev–Trinajstić information content (AvgIpc) is 3.53. The molecule has 1 saturated heterocycles. The molecule has 1 unspecified atom stereocenters. The molecule has 3 aliphatic rings. The van der Waals surface area contributed by atoms with E-state index in [1.165, 1.54) is 6.20 Å². The predicted octanol–water partition coefficient (Wildman–Crippen LogP) is 1.26. The highest BCUT2D eigenvalue weighted by Crippen LogP contribution is 2.47. The largest absolute Gasteiger partial charge is 0.487 e. The highest BCUT2D eigenvalue weighted by molar-refractivity contribution is 5.97. The van der Waals surface area contributed by atoms with Crippen molar-refractivity contribution in [1.29, 1.82) is 0 Å². The number of pyridine rings is 1. The van der Waals surface area contributed by atoms with E-state index in [-0.39, 0.29) is 60.5 Å². The summed E-state index contributed by atoms with van der Waals surface area (Å²) < 4.78 is 22.8. The van der Waals surface area contributed by atoms with Gasteiger partial charge in [-0.1, -0.05) is 0 Å². The summed E-state index contributed by atoms with van der Waals surface area (Å²) >= 11 is 0. The Morgan fingerprint density at radius 1 is 1.34 bits per heavy atom. The van der Waals surface area contributed by atoms with E-state index in [4.69, 9.17) is 4.74 Å². The third kappa shape index (κ3) is 2.71. The quantitative estimate of drug-likeness (QED) is 0.706. The van der Waals surface area contributed by atoms with E-state index in [2.05, 4.69) is 0 Å². The van der Waals surface area contributed by atoms with E-state index in [9.17, 15) is 24.9 Å². The maximum atomic E-state index is 15.2. The highest BCUT2D eigenvalue weighted by Gasteiger charge is 2.43. The fourth-order valence-electron chi connectivity index (χ4n) is 4.57. The van der Waals surface area contributed by atoms with Gasteiger partial charge in [0.25, 0.3) is 0 Å². The lowest BCUT2D eigenvalue weighted by Gasteiger charge is -2.47. The number of halogens is 1. The van der Waals surface area contributed by atoms with Gasteiger partial charge in [0, 0.05) is 25.2 Å². The first kappa shape index (κ1) is 18.4. The number of benzene rings is 1. The molecule has 29 heavy (non-hydrogen) atoms. The van der Waals surface area contributed by atoms with E-state index >= 15 is 4.39 Å². The number of aromatic carboxylic acids is 1. The predicted molar refractivity (Wildman–Crippen MR) is 101 cm³/mol. The molecular formula is C20H21FN2O6. The standard InChI is InChI=1S/C20H21FN2O6/c21-14-5-12-15(23(10-1-2-10)7-13(17(12)25)19(26)27)18-16(14)22-4-3-20(28,9-24)6-11(22)8-29-18/h5,7,10-11,24,28H,1-4,6,8-9H2,(H,26,27)/t11-,20?/m1/s1. The minimum Gasteiger partial charge on any atom is -0.487 e. The molecule has 1 aromatic heterocycles. The first-order valence-electron chi connectivity index (χ1n) is 9.70. The van der Waals surface area contributed by atoms with Crippen molar-refractivity contribution in [3.05, 3.63) is 33.9 Å². The van der Waals surface area contributed by atoms with E-state index < -0.39 is 22.8 Å². The Labute approximate surface area is 164 Å². The second-order valence-electron chi connectivity index (χ2n) is 8.24. The molecule has 0 amide bonds. The molecule has 154 valence electrons.